The predicted molar refractivity (Wildman–Crippen MR) is 115 cm³/mol. The summed E-state index contributed by atoms with van der Waals surface area (Å²) in [4.78, 5) is 12.6. The minimum atomic E-state index is -0.480. The number of rotatable bonds is 6. The minimum Gasteiger partial charge on any atom is -0.494 e. The lowest BCUT2D eigenvalue weighted by Crippen LogP contribution is -2.13. The number of aryl methyl sites for hydroxylation is 1. The molecular formula is C23H20ClN3O2. The Morgan fingerprint density at radius 2 is 2.00 bits per heavy atom. The van der Waals surface area contributed by atoms with Gasteiger partial charge >= 0.3 is 0 Å². The minimum absolute atomic E-state index is 0.00274. The number of carbonyl (C=O) groups is 1. The van der Waals surface area contributed by atoms with Gasteiger partial charge in [-0.1, -0.05) is 17.7 Å². The molecule has 0 spiro atoms. The first kappa shape index (κ1) is 20.2. The summed E-state index contributed by atoms with van der Waals surface area (Å²) in [7, 11) is 0. The van der Waals surface area contributed by atoms with Gasteiger partial charge in [-0.05, 0) is 74.0 Å². The van der Waals surface area contributed by atoms with Crippen LogP contribution in [0, 0.1) is 18.3 Å². The largest absolute Gasteiger partial charge is 0.494 e. The highest BCUT2D eigenvalue weighted by Gasteiger charge is 2.12. The highest BCUT2D eigenvalue weighted by molar-refractivity contribution is 6.31. The lowest BCUT2D eigenvalue weighted by atomic mass is 10.2. The molecular weight excluding hydrogens is 386 g/mol. The molecule has 0 radical (unpaired) electrons. The van der Waals surface area contributed by atoms with Gasteiger partial charge < -0.3 is 14.6 Å². The third-order valence-electron chi connectivity index (χ3n) is 4.29. The second kappa shape index (κ2) is 9.13. The highest BCUT2D eigenvalue weighted by Crippen LogP contribution is 2.22. The zero-order chi connectivity index (χ0) is 20.8. The maximum atomic E-state index is 12.6. The van der Waals surface area contributed by atoms with Crippen LogP contribution in [0.15, 0.2) is 66.4 Å². The number of nitriles is 1. The van der Waals surface area contributed by atoms with Crippen LogP contribution in [0.3, 0.4) is 0 Å². The van der Waals surface area contributed by atoms with Gasteiger partial charge in [-0.2, -0.15) is 5.26 Å². The van der Waals surface area contributed by atoms with Gasteiger partial charge in [-0.3, -0.25) is 4.79 Å². The molecule has 0 fully saturated rings. The molecule has 0 saturated heterocycles. The van der Waals surface area contributed by atoms with Gasteiger partial charge in [0.15, 0.2) is 0 Å². The number of hydrogen-bond acceptors (Lipinski definition) is 3. The molecule has 0 saturated carbocycles. The van der Waals surface area contributed by atoms with Crippen LogP contribution in [-0.4, -0.2) is 17.1 Å². The van der Waals surface area contributed by atoms with Crippen LogP contribution in [0.5, 0.6) is 5.75 Å². The van der Waals surface area contributed by atoms with E-state index in [4.69, 9.17) is 16.3 Å². The van der Waals surface area contributed by atoms with Crippen molar-refractivity contribution < 1.29 is 9.53 Å². The lowest BCUT2D eigenvalue weighted by molar-refractivity contribution is -0.112. The van der Waals surface area contributed by atoms with Crippen molar-refractivity contribution in [2.45, 2.75) is 13.8 Å². The van der Waals surface area contributed by atoms with E-state index in [1.165, 1.54) is 0 Å². The number of hydrogen-bond donors (Lipinski definition) is 1. The van der Waals surface area contributed by atoms with Crippen LogP contribution in [0.1, 0.15) is 18.2 Å². The van der Waals surface area contributed by atoms with Crippen LogP contribution in [-0.2, 0) is 4.79 Å². The Hall–Kier alpha value is -3.49. The Bertz CT molecular complexity index is 1090. The van der Waals surface area contributed by atoms with Crippen LogP contribution in [0.4, 0.5) is 5.69 Å². The number of halogens is 1. The van der Waals surface area contributed by atoms with E-state index >= 15 is 0 Å². The van der Waals surface area contributed by atoms with Gasteiger partial charge in [0.1, 0.15) is 17.4 Å². The first-order chi connectivity index (χ1) is 14.0. The van der Waals surface area contributed by atoms with E-state index in [-0.39, 0.29) is 5.57 Å². The molecule has 3 rings (SSSR count). The first-order valence-corrected chi connectivity index (χ1v) is 9.49. The fourth-order valence-electron chi connectivity index (χ4n) is 2.77. The van der Waals surface area contributed by atoms with Crippen molar-refractivity contribution in [2.24, 2.45) is 0 Å². The predicted octanol–water partition coefficient (Wildman–Crippen LogP) is 5.38. The van der Waals surface area contributed by atoms with Crippen molar-refractivity contribution in [1.82, 2.24) is 4.57 Å². The number of nitrogens with zero attached hydrogens (tertiary/aromatic N) is 2. The van der Waals surface area contributed by atoms with Crippen LogP contribution in [0.2, 0.25) is 5.02 Å². The van der Waals surface area contributed by atoms with Crippen LogP contribution >= 0.6 is 11.6 Å². The van der Waals surface area contributed by atoms with Crippen LogP contribution < -0.4 is 10.1 Å². The SMILES string of the molecule is CCOc1ccc(NC(=O)/C(C#N)=C\c2cccn2-c2ccc(C)c(Cl)c2)cc1. The summed E-state index contributed by atoms with van der Waals surface area (Å²) in [6.45, 7) is 4.40. The van der Waals surface area contributed by atoms with Crippen molar-refractivity contribution in [3.8, 4) is 17.5 Å². The summed E-state index contributed by atoms with van der Waals surface area (Å²) in [5, 5.41) is 12.9. The number of carbonyl (C=O) groups excluding carboxylic acids is 1. The smallest absolute Gasteiger partial charge is 0.266 e. The van der Waals surface area contributed by atoms with E-state index in [1.807, 2.05) is 61.0 Å². The Morgan fingerprint density at radius 1 is 1.24 bits per heavy atom. The van der Waals surface area contributed by atoms with E-state index in [0.29, 0.717) is 23.0 Å². The number of amides is 1. The molecule has 2 aromatic carbocycles. The highest BCUT2D eigenvalue weighted by atomic mass is 35.5. The second-order valence-electron chi connectivity index (χ2n) is 6.32. The van der Waals surface area contributed by atoms with Gasteiger partial charge in [-0.25, -0.2) is 0 Å². The van der Waals surface area contributed by atoms with Crippen molar-refractivity contribution in [3.05, 3.63) is 82.6 Å². The molecule has 1 heterocycles. The maximum Gasteiger partial charge on any atom is 0.266 e. The monoisotopic (exact) mass is 405 g/mol. The standard InChI is InChI=1S/C23H20ClN3O2/c1-3-29-21-10-7-18(8-11-21)26-23(28)17(15-25)13-19-5-4-12-27(19)20-9-6-16(2)22(24)14-20/h4-14H,3H2,1-2H3,(H,26,28)/b17-13-. The normalized spacial score (nSPS) is 11.0. The number of nitrogens with one attached hydrogen (secondary N) is 1. The second-order valence-corrected chi connectivity index (χ2v) is 6.73. The quantitative estimate of drug-likeness (QED) is 0.442. The Balaban J connectivity index is 1.83. The Kier molecular flexibility index (Phi) is 6.38. The molecule has 0 aliphatic carbocycles. The molecule has 5 nitrogen and oxygen atoms in total. The summed E-state index contributed by atoms with van der Waals surface area (Å²) in [5.74, 6) is 0.238. The zero-order valence-corrected chi connectivity index (χ0v) is 16.9. The number of anilines is 1. The van der Waals surface area contributed by atoms with E-state index in [1.54, 1.807) is 30.3 Å². The fraction of sp³-hybridized carbons (Fsp3) is 0.130. The molecule has 0 unspecified atom stereocenters. The molecule has 1 amide bonds. The molecule has 0 atom stereocenters. The molecule has 0 aliphatic heterocycles. The zero-order valence-electron chi connectivity index (χ0n) is 16.1. The van der Waals surface area contributed by atoms with Crippen molar-refractivity contribution >= 4 is 29.3 Å². The molecule has 3 aromatic rings. The third kappa shape index (κ3) is 4.87. The van der Waals surface area contributed by atoms with Gasteiger partial charge in [-0.15, -0.1) is 0 Å². The molecule has 1 aromatic heterocycles. The summed E-state index contributed by atoms with van der Waals surface area (Å²) in [6.07, 6.45) is 3.41. The average molecular weight is 406 g/mol. The lowest BCUT2D eigenvalue weighted by Gasteiger charge is -2.09. The molecule has 6 heteroatoms. The number of benzene rings is 2. The third-order valence-corrected chi connectivity index (χ3v) is 4.70. The molecule has 0 aliphatic rings. The summed E-state index contributed by atoms with van der Waals surface area (Å²) < 4.78 is 7.25. The number of aromatic nitrogens is 1. The first-order valence-electron chi connectivity index (χ1n) is 9.11. The van der Waals surface area contributed by atoms with Crippen molar-refractivity contribution in [3.63, 3.8) is 0 Å². The van der Waals surface area contributed by atoms with Crippen molar-refractivity contribution in [2.75, 3.05) is 11.9 Å². The van der Waals surface area contributed by atoms with Gasteiger partial charge in [0.2, 0.25) is 0 Å². The van der Waals surface area contributed by atoms with E-state index < -0.39 is 5.91 Å². The average Bonchev–Trinajstić information content (AvgIpc) is 3.18. The van der Waals surface area contributed by atoms with E-state index in [0.717, 1.165) is 17.0 Å². The van der Waals surface area contributed by atoms with Gasteiger partial charge in [0.25, 0.3) is 5.91 Å². The van der Waals surface area contributed by atoms with E-state index in [9.17, 15) is 10.1 Å². The summed E-state index contributed by atoms with van der Waals surface area (Å²) >= 11 is 6.23. The van der Waals surface area contributed by atoms with Crippen LogP contribution in [0.25, 0.3) is 11.8 Å². The summed E-state index contributed by atoms with van der Waals surface area (Å²) in [6, 6.07) is 18.4. The van der Waals surface area contributed by atoms with Crippen molar-refractivity contribution in [1.29, 1.82) is 5.26 Å². The number of ether oxygens (including phenoxy) is 1. The van der Waals surface area contributed by atoms with Gasteiger partial charge in [0, 0.05) is 28.3 Å². The van der Waals surface area contributed by atoms with Gasteiger partial charge in [0.05, 0.1) is 6.61 Å². The fourth-order valence-corrected chi connectivity index (χ4v) is 2.95. The maximum absolute atomic E-state index is 12.6. The Morgan fingerprint density at radius 3 is 2.66 bits per heavy atom. The topological polar surface area (TPSA) is 67.0 Å². The molecule has 29 heavy (non-hydrogen) atoms. The summed E-state index contributed by atoms with van der Waals surface area (Å²) in [5.41, 5.74) is 3.11. The van der Waals surface area contributed by atoms with E-state index in [2.05, 4.69) is 5.32 Å². The molecule has 146 valence electrons. The Labute approximate surface area is 174 Å². The molecule has 0 bridgehead atoms. The molecule has 1 N–H and O–H groups in total.